The van der Waals surface area contributed by atoms with E-state index in [0.717, 1.165) is 31.0 Å². The largest absolute Gasteiger partial charge is 0.446 e. The molecule has 0 unspecified atom stereocenters. The van der Waals surface area contributed by atoms with Gasteiger partial charge in [0.05, 0.1) is 0 Å². The van der Waals surface area contributed by atoms with Crippen molar-refractivity contribution < 1.29 is 9.52 Å². The molecule has 3 nitrogen and oxygen atoms in total. The molecule has 74 valence electrons. The van der Waals surface area contributed by atoms with Gasteiger partial charge in [-0.1, -0.05) is 0 Å². The van der Waals surface area contributed by atoms with Gasteiger partial charge in [-0.05, 0) is 25.8 Å². The molecule has 0 bridgehead atoms. The van der Waals surface area contributed by atoms with Crippen LogP contribution < -0.4 is 4.90 Å². The Labute approximate surface area is 79.0 Å². The predicted octanol–water partition coefficient (Wildman–Crippen LogP) is 1.80. The van der Waals surface area contributed by atoms with Gasteiger partial charge >= 0.3 is 0 Å². The van der Waals surface area contributed by atoms with Crippen molar-refractivity contribution in [1.82, 2.24) is 0 Å². The standard InChI is InChI=1S/C10H17NO2/c1-9-5-6-10(13-9)11(2)7-3-4-8-12/h5-6,12H,3-4,7-8H2,1-2H3. The van der Waals surface area contributed by atoms with E-state index in [-0.39, 0.29) is 6.61 Å². The van der Waals surface area contributed by atoms with Crippen molar-refractivity contribution in [1.29, 1.82) is 0 Å². The molecule has 1 rings (SSSR count). The van der Waals surface area contributed by atoms with Gasteiger partial charge in [-0.2, -0.15) is 0 Å². The number of anilines is 1. The lowest BCUT2D eigenvalue weighted by molar-refractivity contribution is 0.285. The molecule has 0 saturated carbocycles. The van der Waals surface area contributed by atoms with Gasteiger partial charge in [0.15, 0.2) is 5.88 Å². The summed E-state index contributed by atoms with van der Waals surface area (Å²) in [7, 11) is 2.00. The van der Waals surface area contributed by atoms with Crippen LogP contribution in [0.4, 0.5) is 5.88 Å². The molecule has 0 saturated heterocycles. The lowest BCUT2D eigenvalue weighted by atomic mass is 10.3. The third kappa shape index (κ3) is 3.11. The third-order valence-electron chi connectivity index (χ3n) is 2.00. The van der Waals surface area contributed by atoms with Gasteiger partial charge in [0, 0.05) is 26.3 Å². The molecule has 1 heterocycles. The molecular formula is C10H17NO2. The van der Waals surface area contributed by atoms with Crippen molar-refractivity contribution in [3.8, 4) is 0 Å². The van der Waals surface area contributed by atoms with E-state index in [2.05, 4.69) is 4.90 Å². The zero-order valence-electron chi connectivity index (χ0n) is 8.29. The normalized spacial score (nSPS) is 10.4. The molecule has 0 radical (unpaired) electrons. The van der Waals surface area contributed by atoms with E-state index < -0.39 is 0 Å². The molecule has 0 aliphatic heterocycles. The summed E-state index contributed by atoms with van der Waals surface area (Å²) in [6, 6.07) is 3.92. The number of furan rings is 1. The zero-order valence-corrected chi connectivity index (χ0v) is 8.29. The zero-order chi connectivity index (χ0) is 9.68. The van der Waals surface area contributed by atoms with Crippen LogP contribution in [0.3, 0.4) is 0 Å². The number of unbranched alkanes of at least 4 members (excludes halogenated alkanes) is 1. The van der Waals surface area contributed by atoms with Crippen LogP contribution in [0.25, 0.3) is 0 Å². The maximum absolute atomic E-state index is 8.61. The van der Waals surface area contributed by atoms with Gasteiger partial charge < -0.3 is 14.4 Å². The first kappa shape index (κ1) is 10.1. The summed E-state index contributed by atoms with van der Waals surface area (Å²) in [5, 5.41) is 8.61. The summed E-state index contributed by atoms with van der Waals surface area (Å²) in [6.45, 7) is 3.13. The van der Waals surface area contributed by atoms with E-state index in [1.54, 1.807) is 0 Å². The number of aryl methyl sites for hydroxylation is 1. The maximum atomic E-state index is 8.61. The minimum atomic E-state index is 0.269. The second-order valence-corrected chi connectivity index (χ2v) is 3.24. The minimum absolute atomic E-state index is 0.269. The van der Waals surface area contributed by atoms with E-state index >= 15 is 0 Å². The van der Waals surface area contributed by atoms with Gasteiger partial charge in [0.25, 0.3) is 0 Å². The fourth-order valence-corrected chi connectivity index (χ4v) is 1.20. The number of hydrogen-bond acceptors (Lipinski definition) is 3. The molecule has 1 N–H and O–H groups in total. The molecule has 0 aliphatic rings. The molecule has 3 heteroatoms. The monoisotopic (exact) mass is 183 g/mol. The van der Waals surface area contributed by atoms with Crippen LogP contribution in [-0.2, 0) is 0 Å². The first-order valence-electron chi connectivity index (χ1n) is 4.62. The highest BCUT2D eigenvalue weighted by Crippen LogP contribution is 2.16. The van der Waals surface area contributed by atoms with Crippen molar-refractivity contribution in [2.45, 2.75) is 19.8 Å². The summed E-state index contributed by atoms with van der Waals surface area (Å²) >= 11 is 0. The lowest BCUT2D eigenvalue weighted by Gasteiger charge is -2.14. The van der Waals surface area contributed by atoms with Crippen molar-refractivity contribution in [2.24, 2.45) is 0 Å². The Bertz CT molecular complexity index is 245. The summed E-state index contributed by atoms with van der Waals surface area (Å²) in [5.74, 6) is 1.83. The molecule has 13 heavy (non-hydrogen) atoms. The van der Waals surface area contributed by atoms with Crippen LogP contribution in [0, 0.1) is 6.92 Å². The van der Waals surface area contributed by atoms with Crippen molar-refractivity contribution in [3.05, 3.63) is 17.9 Å². The Morgan fingerprint density at radius 3 is 2.69 bits per heavy atom. The molecule has 0 amide bonds. The molecule has 0 aromatic carbocycles. The third-order valence-corrected chi connectivity index (χ3v) is 2.00. The van der Waals surface area contributed by atoms with Crippen LogP contribution in [0.1, 0.15) is 18.6 Å². The summed E-state index contributed by atoms with van der Waals surface area (Å²) in [6.07, 6.45) is 1.84. The molecule has 0 spiro atoms. The molecular weight excluding hydrogens is 166 g/mol. The Balaban J connectivity index is 2.35. The number of rotatable bonds is 5. The Hall–Kier alpha value is -0.960. The molecule has 0 atom stereocenters. The van der Waals surface area contributed by atoms with Crippen molar-refractivity contribution in [2.75, 3.05) is 25.1 Å². The van der Waals surface area contributed by atoms with E-state index in [1.165, 1.54) is 0 Å². The molecule has 1 aromatic heterocycles. The Kier molecular flexibility index (Phi) is 3.83. The molecule has 0 aliphatic carbocycles. The smallest absolute Gasteiger partial charge is 0.195 e. The van der Waals surface area contributed by atoms with Gasteiger partial charge in [0.2, 0.25) is 0 Å². The highest BCUT2D eigenvalue weighted by Gasteiger charge is 2.03. The average Bonchev–Trinajstić information content (AvgIpc) is 2.52. The van der Waals surface area contributed by atoms with Crippen molar-refractivity contribution >= 4 is 5.88 Å². The Morgan fingerprint density at radius 2 is 2.15 bits per heavy atom. The maximum Gasteiger partial charge on any atom is 0.195 e. The van der Waals surface area contributed by atoms with Crippen LogP contribution in [0.2, 0.25) is 0 Å². The molecule has 0 fully saturated rings. The van der Waals surface area contributed by atoms with Gasteiger partial charge in [-0.3, -0.25) is 0 Å². The quantitative estimate of drug-likeness (QED) is 0.707. The van der Waals surface area contributed by atoms with Gasteiger partial charge in [-0.25, -0.2) is 0 Å². The van der Waals surface area contributed by atoms with Gasteiger partial charge in [0.1, 0.15) is 5.76 Å². The van der Waals surface area contributed by atoms with Gasteiger partial charge in [-0.15, -0.1) is 0 Å². The second-order valence-electron chi connectivity index (χ2n) is 3.24. The summed E-state index contributed by atoms with van der Waals surface area (Å²) in [5.41, 5.74) is 0. The highest BCUT2D eigenvalue weighted by atomic mass is 16.4. The van der Waals surface area contributed by atoms with E-state index in [4.69, 9.17) is 9.52 Å². The fourth-order valence-electron chi connectivity index (χ4n) is 1.20. The first-order valence-corrected chi connectivity index (χ1v) is 4.62. The summed E-state index contributed by atoms with van der Waals surface area (Å²) in [4.78, 5) is 2.06. The topological polar surface area (TPSA) is 36.6 Å². The van der Waals surface area contributed by atoms with E-state index in [9.17, 15) is 0 Å². The average molecular weight is 183 g/mol. The van der Waals surface area contributed by atoms with Crippen LogP contribution in [-0.4, -0.2) is 25.3 Å². The van der Waals surface area contributed by atoms with Crippen LogP contribution >= 0.6 is 0 Å². The number of hydrogen-bond donors (Lipinski definition) is 1. The van der Waals surface area contributed by atoms with E-state index in [0.29, 0.717) is 0 Å². The number of nitrogens with zero attached hydrogens (tertiary/aromatic N) is 1. The lowest BCUT2D eigenvalue weighted by Crippen LogP contribution is -2.17. The van der Waals surface area contributed by atoms with Crippen LogP contribution in [0.15, 0.2) is 16.5 Å². The van der Waals surface area contributed by atoms with Crippen molar-refractivity contribution in [3.63, 3.8) is 0 Å². The minimum Gasteiger partial charge on any atom is -0.446 e. The first-order chi connectivity index (χ1) is 6.24. The number of aliphatic hydroxyl groups is 1. The molecule has 1 aromatic rings. The predicted molar refractivity (Wildman–Crippen MR) is 53.0 cm³/mol. The SMILES string of the molecule is Cc1ccc(N(C)CCCCO)o1. The highest BCUT2D eigenvalue weighted by molar-refractivity contribution is 5.34. The van der Waals surface area contributed by atoms with Crippen LogP contribution in [0.5, 0.6) is 0 Å². The fraction of sp³-hybridized carbons (Fsp3) is 0.600. The Morgan fingerprint density at radius 1 is 1.38 bits per heavy atom. The second kappa shape index (κ2) is 4.92. The summed E-state index contributed by atoms with van der Waals surface area (Å²) < 4.78 is 5.44. The number of aliphatic hydroxyl groups excluding tert-OH is 1. The van der Waals surface area contributed by atoms with E-state index in [1.807, 2.05) is 26.1 Å².